The van der Waals surface area contributed by atoms with Gasteiger partial charge in [0.15, 0.2) is 0 Å². The third-order valence-electron chi connectivity index (χ3n) is 11.0. The third-order valence-corrected chi connectivity index (χ3v) is 16.3. The second kappa shape index (κ2) is 29.0. The van der Waals surface area contributed by atoms with E-state index < -0.39 is 85.0 Å². The highest BCUT2D eigenvalue weighted by Gasteiger charge is 2.58. The van der Waals surface area contributed by atoms with E-state index in [2.05, 4.69) is 31.0 Å². The maximum atomic E-state index is 16.9. The van der Waals surface area contributed by atoms with Crippen LogP contribution in [0.4, 0.5) is 9.93 Å². The van der Waals surface area contributed by atoms with Crippen molar-refractivity contribution in [3.63, 3.8) is 0 Å². The summed E-state index contributed by atoms with van der Waals surface area (Å²) in [6.45, 7) is 10.0. The number of carboxylic acids is 3. The van der Waals surface area contributed by atoms with Crippen molar-refractivity contribution < 1.29 is 76.7 Å². The molecule has 1 saturated heterocycles. The van der Waals surface area contributed by atoms with Crippen LogP contribution in [0.15, 0.2) is 12.3 Å². The van der Waals surface area contributed by atoms with Crippen molar-refractivity contribution in [2.24, 2.45) is 0 Å². The molecule has 26 heteroatoms. The molecule has 1 fully saturated rings. The van der Waals surface area contributed by atoms with E-state index in [1.54, 1.807) is 19.6 Å². The fourth-order valence-electron chi connectivity index (χ4n) is 7.74. The quantitative estimate of drug-likeness (QED) is 0.0255. The first-order valence-corrected chi connectivity index (χ1v) is 24.3. The Morgan fingerprint density at radius 2 is 1.17 bits per heavy atom. The normalized spacial score (nSPS) is 15.7. The fraction of sp³-hybridized carbons (Fsp3) is 0.698. The zero-order chi connectivity index (χ0) is 52.0. The Labute approximate surface area is 403 Å². The minimum atomic E-state index is -3.71. The molecule has 0 aliphatic carbocycles. The number of carboxylic acid groups (broad SMARTS) is 3. The van der Waals surface area contributed by atoms with Crippen molar-refractivity contribution in [1.29, 1.82) is 0 Å². The molecule has 1 aromatic rings. The molecule has 0 saturated carbocycles. The number of nitrogens with zero attached hydrogens (tertiary/aromatic N) is 5. The molecule has 1 atom stereocenters. The van der Waals surface area contributed by atoms with Gasteiger partial charge in [-0.2, -0.15) is 0 Å². The first kappa shape index (κ1) is 59.7. The number of carbonyl (C=O) groups excluding carboxylic acids is 5. The summed E-state index contributed by atoms with van der Waals surface area (Å²) in [6.07, 6.45) is 0.847. The van der Waals surface area contributed by atoms with Crippen LogP contribution in [0.25, 0.3) is 0 Å². The van der Waals surface area contributed by atoms with Gasteiger partial charge in [0.05, 0.1) is 66.6 Å². The average Bonchev–Trinajstić information content (AvgIpc) is 3.25. The van der Waals surface area contributed by atoms with Crippen molar-refractivity contribution in [1.82, 2.24) is 40.5 Å². The topological polar surface area (TPSA) is 308 Å². The molecule has 1 aliphatic rings. The number of amides is 4. The van der Waals surface area contributed by atoms with Gasteiger partial charge in [-0.25, -0.2) is 4.98 Å². The van der Waals surface area contributed by atoms with Crippen LogP contribution in [-0.4, -0.2) is 234 Å². The maximum absolute atomic E-state index is 16.9. The van der Waals surface area contributed by atoms with Gasteiger partial charge >= 0.3 is 23.9 Å². The number of carbonyl (C=O) groups is 8. The highest BCUT2D eigenvalue weighted by molar-refractivity contribution is 6.91. The molecule has 7 N–H and O–H groups in total. The molecule has 390 valence electrons. The van der Waals surface area contributed by atoms with Gasteiger partial charge in [-0.15, -0.1) is 0 Å². The lowest BCUT2D eigenvalue weighted by Crippen LogP contribution is -2.58. The molecule has 24 nitrogen and oxygen atoms in total. The Morgan fingerprint density at radius 3 is 1.62 bits per heavy atom. The molecule has 1 unspecified atom stereocenters. The monoisotopic (exact) mass is 1000 g/mol. The van der Waals surface area contributed by atoms with Crippen LogP contribution in [0, 0.1) is 0 Å². The second-order valence-corrected chi connectivity index (χ2v) is 23.3. The number of esters is 1. The van der Waals surface area contributed by atoms with Gasteiger partial charge in [0.2, 0.25) is 17.7 Å². The number of pyridine rings is 1. The predicted molar refractivity (Wildman–Crippen MR) is 250 cm³/mol. The molecule has 4 amide bonds. The van der Waals surface area contributed by atoms with Crippen LogP contribution in [0.5, 0.6) is 5.75 Å². The van der Waals surface area contributed by atoms with Crippen LogP contribution in [0.1, 0.15) is 48.0 Å². The van der Waals surface area contributed by atoms with Crippen molar-refractivity contribution in [3.8, 4) is 5.75 Å². The number of nitrogens with one attached hydrogen (secondary N) is 4. The lowest BCUT2D eigenvalue weighted by Gasteiger charge is -2.45. The summed E-state index contributed by atoms with van der Waals surface area (Å²) < 4.78 is 38.0. The van der Waals surface area contributed by atoms with Gasteiger partial charge in [-0.3, -0.25) is 58.0 Å². The predicted octanol–water partition coefficient (Wildman–Crippen LogP) is -1.46. The molecule has 0 spiro atoms. The van der Waals surface area contributed by atoms with Crippen LogP contribution < -0.4 is 31.2 Å². The highest BCUT2D eigenvalue weighted by Crippen LogP contribution is 2.52. The number of anilines is 1. The van der Waals surface area contributed by atoms with E-state index in [1.807, 2.05) is 41.5 Å². The lowest BCUT2D eigenvalue weighted by molar-refractivity contribution is -0.141. The number of ether oxygens (including phenoxy) is 4. The molecule has 1 aliphatic heterocycles. The number of aliphatic carboxylic acids is 3. The molecule has 0 aromatic carbocycles. The van der Waals surface area contributed by atoms with Crippen molar-refractivity contribution in [2.75, 3.05) is 138 Å². The van der Waals surface area contributed by atoms with Crippen molar-refractivity contribution in [3.05, 3.63) is 12.3 Å². The Hall–Kier alpha value is -5.38. The molecule has 2 heterocycles. The van der Waals surface area contributed by atoms with Crippen LogP contribution in [-0.2, 0) is 52.6 Å². The van der Waals surface area contributed by atoms with E-state index in [4.69, 9.17) is 14.2 Å². The van der Waals surface area contributed by atoms with E-state index in [0.717, 1.165) is 7.11 Å². The van der Waals surface area contributed by atoms with E-state index in [9.17, 15) is 53.7 Å². The molecule has 1 aromatic heterocycles. The summed E-state index contributed by atoms with van der Waals surface area (Å²) in [5, 5.41) is 37.6. The number of halogens is 1. The summed E-state index contributed by atoms with van der Waals surface area (Å²) in [6, 6.07) is 0.0509. The number of aromatic nitrogens is 1. The second-order valence-electron chi connectivity index (χ2n) is 18.4. The average molecular weight is 1000 g/mol. The van der Waals surface area contributed by atoms with Gasteiger partial charge in [-0.1, -0.05) is 41.5 Å². The maximum Gasteiger partial charge on any atom is 0.325 e. The number of hydrogen-bond acceptors (Lipinski definition) is 17. The number of methoxy groups -OCH3 is 2. The Morgan fingerprint density at radius 1 is 0.696 bits per heavy atom. The van der Waals surface area contributed by atoms with Gasteiger partial charge < -0.3 is 59.6 Å². The molecule has 0 bridgehead atoms. The standard InChI is InChI=1S/C43H72FN9O15Si/c1-42(2,3)69(44,43(4,5)6)32-23-46-33(22-31(32)65-7)49-36(56)29-68-20-19-67-18-9-45-41(64)30(21-34(54)47-24-40(63)66-8)48-35(55)25-50-10-12-51(26-37(57)58)14-16-53(28-39(61)62)17-15-52(13-11-50)27-38(59)60/h22-23,30H,9-21,24-29H2,1-8H3,(H,45,64)(H,47,54)(H,48,55)(H,57,58)(H,59,60)(H,61,62)(H,46,49,56). The SMILES string of the molecule is COC(=O)CNC(=O)CC(NC(=O)CN1CCN(CC(=O)O)CCN(CC(=O)O)CCN(CC(=O)O)CC1)C(=O)NCCOCCOCC(=O)Nc1cc(OC)c([Si](F)(C(C)(C)C)C(C)(C)C)cn1. The van der Waals surface area contributed by atoms with Crippen LogP contribution in [0.3, 0.4) is 0 Å². The summed E-state index contributed by atoms with van der Waals surface area (Å²) >= 11 is 0. The van der Waals surface area contributed by atoms with E-state index in [0.29, 0.717) is 5.19 Å². The van der Waals surface area contributed by atoms with E-state index >= 15 is 4.11 Å². The molecule has 2 rings (SSSR count). The molecule has 0 radical (unpaired) electrons. The highest BCUT2D eigenvalue weighted by atomic mass is 28.4. The molecule has 69 heavy (non-hydrogen) atoms. The summed E-state index contributed by atoms with van der Waals surface area (Å²) in [5.41, 5.74) is 0. The van der Waals surface area contributed by atoms with Crippen molar-refractivity contribution >= 4 is 66.9 Å². The molecular weight excluding hydrogens is 930 g/mol. The minimum Gasteiger partial charge on any atom is -0.497 e. The fourth-order valence-corrected chi connectivity index (χ4v) is 12.4. The Balaban J connectivity index is 2.02. The van der Waals surface area contributed by atoms with Gasteiger partial charge in [-0.05, 0) is 10.1 Å². The van der Waals surface area contributed by atoms with Gasteiger partial charge in [0, 0.05) is 76.4 Å². The largest absolute Gasteiger partial charge is 0.497 e. The van der Waals surface area contributed by atoms with Crippen molar-refractivity contribution in [2.45, 2.75) is 64.1 Å². The van der Waals surface area contributed by atoms with Crippen LogP contribution in [0.2, 0.25) is 10.1 Å². The van der Waals surface area contributed by atoms with E-state index in [-0.39, 0.29) is 123 Å². The van der Waals surface area contributed by atoms with Gasteiger partial charge in [0.25, 0.3) is 14.3 Å². The summed E-state index contributed by atoms with van der Waals surface area (Å²) in [4.78, 5) is 109. The van der Waals surface area contributed by atoms with Gasteiger partial charge in [0.1, 0.15) is 30.8 Å². The third kappa shape index (κ3) is 21.4. The summed E-state index contributed by atoms with van der Waals surface area (Å²) in [5.74, 6) is -6.39. The summed E-state index contributed by atoms with van der Waals surface area (Å²) in [7, 11) is -1.15. The number of rotatable bonds is 25. The first-order chi connectivity index (χ1) is 32.3. The smallest absolute Gasteiger partial charge is 0.325 e. The van der Waals surface area contributed by atoms with E-state index in [1.165, 1.54) is 19.4 Å². The Bertz CT molecular complexity index is 1860. The molecular formula is C43H72FN9O15Si. The number of hydrogen-bond donors (Lipinski definition) is 7. The zero-order valence-corrected chi connectivity index (χ0v) is 42.0. The van der Waals surface area contributed by atoms with Crippen LogP contribution >= 0.6 is 0 Å². The minimum absolute atomic E-state index is 0.00889. The lowest BCUT2D eigenvalue weighted by atomic mass is 10.1. The Kier molecular flexibility index (Phi) is 25.1. The zero-order valence-electron chi connectivity index (χ0n) is 41.0. The first-order valence-electron chi connectivity index (χ1n) is 22.4.